The van der Waals surface area contributed by atoms with Crippen molar-refractivity contribution in [1.82, 2.24) is 9.97 Å². The van der Waals surface area contributed by atoms with Crippen LogP contribution in [-0.2, 0) is 14.6 Å². The number of fused-ring (bicyclic) bond motifs is 1. The van der Waals surface area contributed by atoms with E-state index in [0.717, 1.165) is 11.1 Å². The molecule has 24 heavy (non-hydrogen) atoms. The number of carbonyl (C=O) groups excluding carboxylic acids is 1. The molecule has 0 bridgehead atoms. The number of benzene rings is 2. The number of sulfone groups is 1. The molecule has 0 aliphatic heterocycles. The Labute approximate surface area is 139 Å². The molecule has 124 valence electrons. The molecule has 1 heterocycles. The largest absolute Gasteiger partial charge is 0.329 e. The molecule has 3 rings (SSSR count). The number of anilines is 1. The van der Waals surface area contributed by atoms with E-state index in [2.05, 4.69) is 15.3 Å². The molecule has 0 saturated carbocycles. The van der Waals surface area contributed by atoms with Gasteiger partial charge in [0, 0.05) is 5.69 Å². The first kappa shape index (κ1) is 16.2. The molecule has 0 unspecified atom stereocenters. The number of hydrogen-bond donors (Lipinski definition) is 2. The fourth-order valence-corrected chi connectivity index (χ4v) is 3.43. The van der Waals surface area contributed by atoms with Crippen molar-refractivity contribution in [3.05, 3.63) is 53.6 Å². The fourth-order valence-electron chi connectivity index (χ4n) is 2.37. The van der Waals surface area contributed by atoms with Crippen molar-refractivity contribution in [2.24, 2.45) is 0 Å². The van der Waals surface area contributed by atoms with Crippen molar-refractivity contribution in [2.75, 3.05) is 11.1 Å². The third-order valence-corrected chi connectivity index (χ3v) is 5.08. The summed E-state index contributed by atoms with van der Waals surface area (Å²) in [5.74, 6) is -1.26. The average molecular weight is 343 g/mol. The quantitative estimate of drug-likeness (QED) is 0.761. The molecule has 2 N–H and O–H groups in total. The van der Waals surface area contributed by atoms with Gasteiger partial charge in [0.1, 0.15) is 5.75 Å². The lowest BCUT2D eigenvalue weighted by Crippen LogP contribution is -2.24. The van der Waals surface area contributed by atoms with Crippen molar-refractivity contribution in [1.29, 1.82) is 0 Å². The summed E-state index contributed by atoms with van der Waals surface area (Å²) < 4.78 is 24.8. The maximum absolute atomic E-state index is 12.4. The van der Waals surface area contributed by atoms with Gasteiger partial charge in [0.25, 0.3) is 0 Å². The second-order valence-corrected chi connectivity index (χ2v) is 7.59. The minimum atomic E-state index is -3.84. The monoisotopic (exact) mass is 343 g/mol. The second kappa shape index (κ2) is 6.09. The van der Waals surface area contributed by atoms with E-state index in [1.54, 1.807) is 30.3 Å². The molecular formula is C17H17N3O3S. The molecule has 1 amide bonds. The van der Waals surface area contributed by atoms with Gasteiger partial charge in [0.15, 0.2) is 0 Å². The number of imidazole rings is 1. The topological polar surface area (TPSA) is 91.9 Å². The Bertz CT molecular complexity index is 989. The molecule has 0 saturated heterocycles. The Kier molecular flexibility index (Phi) is 4.11. The first-order chi connectivity index (χ1) is 11.3. The standard InChI is InChI=1S/C17H17N3O3S/c1-11-7-8-12(2)15(9-11)18-16(21)10-24(22,23)17-19-13-5-3-4-6-14(13)20-17/h3-9H,10H2,1-2H3,(H,18,21)(H,19,20). The Hall–Kier alpha value is -2.67. The number of aryl methyl sites for hydroxylation is 2. The average Bonchev–Trinajstić information content (AvgIpc) is 2.95. The van der Waals surface area contributed by atoms with Gasteiger partial charge < -0.3 is 10.3 Å². The van der Waals surface area contributed by atoms with Crippen LogP contribution in [0.25, 0.3) is 11.0 Å². The van der Waals surface area contributed by atoms with Crippen molar-refractivity contribution < 1.29 is 13.2 Å². The summed E-state index contributed by atoms with van der Waals surface area (Å²) in [7, 11) is -3.84. The van der Waals surface area contributed by atoms with E-state index in [1.165, 1.54) is 0 Å². The molecule has 0 fully saturated rings. The van der Waals surface area contributed by atoms with Gasteiger partial charge >= 0.3 is 0 Å². The van der Waals surface area contributed by atoms with Gasteiger partial charge in [-0.15, -0.1) is 0 Å². The summed E-state index contributed by atoms with van der Waals surface area (Å²) in [6, 6.07) is 12.6. The first-order valence-electron chi connectivity index (χ1n) is 7.40. The molecule has 0 spiro atoms. The lowest BCUT2D eigenvalue weighted by molar-refractivity contribution is -0.113. The van der Waals surface area contributed by atoms with Crippen molar-refractivity contribution in [2.45, 2.75) is 19.0 Å². The van der Waals surface area contributed by atoms with E-state index in [4.69, 9.17) is 0 Å². The zero-order valence-corrected chi connectivity index (χ0v) is 14.1. The summed E-state index contributed by atoms with van der Waals surface area (Å²) in [5.41, 5.74) is 3.63. The molecule has 3 aromatic rings. The SMILES string of the molecule is Cc1ccc(C)c(NC(=O)CS(=O)(=O)c2nc3ccccc3[nH]2)c1. The normalized spacial score (nSPS) is 11.6. The van der Waals surface area contributed by atoms with Crippen LogP contribution in [0, 0.1) is 13.8 Å². The number of carbonyl (C=O) groups is 1. The zero-order chi connectivity index (χ0) is 17.3. The Balaban J connectivity index is 1.81. The van der Waals surface area contributed by atoms with E-state index < -0.39 is 21.5 Å². The van der Waals surface area contributed by atoms with Crippen LogP contribution in [0.4, 0.5) is 5.69 Å². The number of aromatic nitrogens is 2. The van der Waals surface area contributed by atoms with Crippen LogP contribution in [0.3, 0.4) is 0 Å². The number of aromatic amines is 1. The van der Waals surface area contributed by atoms with Gasteiger partial charge in [-0.1, -0.05) is 24.3 Å². The Morgan fingerprint density at radius 3 is 2.67 bits per heavy atom. The van der Waals surface area contributed by atoms with Crippen LogP contribution in [0.2, 0.25) is 0 Å². The highest BCUT2D eigenvalue weighted by Crippen LogP contribution is 2.18. The zero-order valence-electron chi connectivity index (χ0n) is 13.3. The number of hydrogen-bond acceptors (Lipinski definition) is 4. The summed E-state index contributed by atoms with van der Waals surface area (Å²) in [6.07, 6.45) is 0. The molecule has 0 aliphatic carbocycles. The van der Waals surface area contributed by atoms with E-state index in [9.17, 15) is 13.2 Å². The Morgan fingerprint density at radius 1 is 1.17 bits per heavy atom. The van der Waals surface area contributed by atoms with E-state index in [0.29, 0.717) is 16.7 Å². The molecule has 0 radical (unpaired) electrons. The molecule has 0 aliphatic rings. The van der Waals surface area contributed by atoms with E-state index in [-0.39, 0.29) is 5.16 Å². The number of H-pyrrole nitrogens is 1. The minimum Gasteiger partial charge on any atom is -0.329 e. The van der Waals surface area contributed by atoms with Crippen molar-refractivity contribution in [3.63, 3.8) is 0 Å². The summed E-state index contributed by atoms with van der Waals surface area (Å²) in [4.78, 5) is 18.9. The van der Waals surface area contributed by atoms with Crippen LogP contribution in [0.5, 0.6) is 0 Å². The third kappa shape index (κ3) is 3.30. The number of nitrogens with zero attached hydrogens (tertiary/aromatic N) is 1. The number of rotatable bonds is 4. The highest BCUT2D eigenvalue weighted by atomic mass is 32.2. The molecule has 1 aromatic heterocycles. The maximum Gasteiger partial charge on any atom is 0.240 e. The maximum atomic E-state index is 12.4. The van der Waals surface area contributed by atoms with Gasteiger partial charge in [-0.2, -0.15) is 0 Å². The van der Waals surface area contributed by atoms with Gasteiger partial charge in [-0.3, -0.25) is 4.79 Å². The fraction of sp³-hybridized carbons (Fsp3) is 0.176. The predicted molar refractivity (Wildman–Crippen MR) is 92.7 cm³/mol. The summed E-state index contributed by atoms with van der Waals surface area (Å²) >= 11 is 0. The van der Waals surface area contributed by atoms with E-state index in [1.807, 2.05) is 26.0 Å². The number of amides is 1. The minimum absolute atomic E-state index is 0.195. The van der Waals surface area contributed by atoms with Crippen LogP contribution in [-0.4, -0.2) is 30.0 Å². The number of nitrogens with one attached hydrogen (secondary N) is 2. The third-order valence-electron chi connectivity index (χ3n) is 3.65. The highest BCUT2D eigenvalue weighted by molar-refractivity contribution is 7.92. The van der Waals surface area contributed by atoms with Crippen LogP contribution in [0.15, 0.2) is 47.6 Å². The molecule has 2 aromatic carbocycles. The van der Waals surface area contributed by atoms with Gasteiger partial charge in [-0.25, -0.2) is 13.4 Å². The highest BCUT2D eigenvalue weighted by Gasteiger charge is 2.23. The summed E-state index contributed by atoms with van der Waals surface area (Å²) in [5, 5.41) is 2.46. The van der Waals surface area contributed by atoms with Gasteiger partial charge in [0.2, 0.25) is 20.9 Å². The van der Waals surface area contributed by atoms with Gasteiger partial charge in [-0.05, 0) is 43.2 Å². The van der Waals surface area contributed by atoms with Crippen LogP contribution >= 0.6 is 0 Å². The lowest BCUT2D eigenvalue weighted by Gasteiger charge is -2.09. The smallest absolute Gasteiger partial charge is 0.240 e. The predicted octanol–water partition coefficient (Wildman–Crippen LogP) is 2.59. The molecule has 7 heteroatoms. The van der Waals surface area contributed by atoms with Gasteiger partial charge in [0.05, 0.1) is 11.0 Å². The molecular weight excluding hydrogens is 326 g/mol. The van der Waals surface area contributed by atoms with Crippen molar-refractivity contribution in [3.8, 4) is 0 Å². The lowest BCUT2D eigenvalue weighted by atomic mass is 10.1. The molecule has 0 atom stereocenters. The second-order valence-electron chi connectivity index (χ2n) is 5.68. The Morgan fingerprint density at radius 2 is 1.92 bits per heavy atom. The van der Waals surface area contributed by atoms with Crippen molar-refractivity contribution >= 4 is 32.5 Å². The first-order valence-corrected chi connectivity index (χ1v) is 9.05. The van der Waals surface area contributed by atoms with Crippen LogP contribution < -0.4 is 5.32 Å². The van der Waals surface area contributed by atoms with Crippen LogP contribution in [0.1, 0.15) is 11.1 Å². The number of para-hydroxylation sites is 2. The van der Waals surface area contributed by atoms with E-state index >= 15 is 0 Å². The molecule has 6 nitrogen and oxygen atoms in total. The summed E-state index contributed by atoms with van der Waals surface area (Å²) in [6.45, 7) is 3.75.